The minimum absolute atomic E-state index is 0.00119. The van der Waals surface area contributed by atoms with Crippen LogP contribution in [0.5, 0.6) is 0 Å². The topological polar surface area (TPSA) is 302 Å². The molecule has 1 aliphatic rings. The highest BCUT2D eigenvalue weighted by Gasteiger charge is 2.38. The highest BCUT2D eigenvalue weighted by Crippen LogP contribution is 2.21. The third-order valence-electron chi connectivity index (χ3n) is 11.4. The molecule has 19 heteroatoms. The van der Waals surface area contributed by atoms with E-state index in [4.69, 9.17) is 17.2 Å². The second-order valence-electron chi connectivity index (χ2n) is 16.7. The van der Waals surface area contributed by atoms with E-state index in [1.54, 1.807) is 54.6 Å². The number of nitrogens with zero attached hydrogens (tertiary/aromatic N) is 2. The van der Waals surface area contributed by atoms with Crippen molar-refractivity contribution in [2.24, 2.45) is 22.2 Å². The van der Waals surface area contributed by atoms with Crippen LogP contribution < -0.4 is 49.1 Å². The van der Waals surface area contributed by atoms with Gasteiger partial charge >= 0.3 is 0 Å². The molecule has 1 saturated heterocycles. The van der Waals surface area contributed by atoms with E-state index in [1.807, 2.05) is 48.5 Å². The van der Waals surface area contributed by atoms with Crippen LogP contribution >= 0.6 is 0 Å². The standard InChI is InChI=1S/C49H61N11O8/c1-30(43(50)63)55-47(67)41-20-12-24-60(41)48(68)37(19-11-23-53-49(51)52)57-42(62)29-54-44(64)38(26-32-13-5-3-6-14-32)58-46(66)40(27-33-15-7-4-8-16-33)59-45(65)39(56-31(2)61)28-34-21-22-35-17-9-10-18-36(35)25-34/h3-10,13-18,21-22,25,30,37-41H,11-12,19-20,23-24,26-29H2,1-2H3,(H2,50,63)(H,54,64)(H,55,67)(H,56,61)(H,57,62)(H,58,66)(H,59,65)(H4,51,52,53)/t30-,37+,38-,39-,40-,41+/m1/s1. The Morgan fingerprint density at radius 3 is 1.79 bits per heavy atom. The number of carbonyl (C=O) groups excluding carboxylic acids is 8. The fourth-order valence-corrected chi connectivity index (χ4v) is 7.90. The third-order valence-corrected chi connectivity index (χ3v) is 11.4. The fourth-order valence-electron chi connectivity index (χ4n) is 7.90. The summed E-state index contributed by atoms with van der Waals surface area (Å²) in [6.45, 7) is 2.48. The number of nitrogens with two attached hydrogens (primary N) is 3. The molecule has 4 aromatic rings. The summed E-state index contributed by atoms with van der Waals surface area (Å²) in [4.78, 5) is 112. The van der Waals surface area contributed by atoms with E-state index in [2.05, 4.69) is 36.9 Å². The van der Waals surface area contributed by atoms with Crippen molar-refractivity contribution in [2.45, 2.75) is 95.0 Å². The van der Waals surface area contributed by atoms with Gasteiger partial charge in [0.15, 0.2) is 5.96 Å². The molecule has 0 unspecified atom stereocenters. The number of primary amides is 1. The maximum Gasteiger partial charge on any atom is 0.245 e. The summed E-state index contributed by atoms with van der Waals surface area (Å²) in [5.41, 5.74) is 18.5. The lowest BCUT2D eigenvalue weighted by molar-refractivity contribution is -0.142. The zero-order valence-corrected chi connectivity index (χ0v) is 38.2. The van der Waals surface area contributed by atoms with E-state index in [1.165, 1.54) is 18.7 Å². The van der Waals surface area contributed by atoms with Gasteiger partial charge in [-0.3, -0.25) is 43.3 Å². The molecule has 5 rings (SSSR count). The molecule has 19 nitrogen and oxygen atoms in total. The van der Waals surface area contributed by atoms with Gasteiger partial charge in [0.1, 0.15) is 36.3 Å². The molecule has 12 N–H and O–H groups in total. The van der Waals surface area contributed by atoms with E-state index in [0.717, 1.165) is 16.3 Å². The number of likely N-dealkylation sites (tertiary alicyclic amines) is 1. The van der Waals surface area contributed by atoms with Gasteiger partial charge in [0.25, 0.3) is 0 Å². The lowest BCUT2D eigenvalue weighted by atomic mass is 9.99. The molecule has 0 aromatic heterocycles. The molecule has 8 amide bonds. The first-order chi connectivity index (χ1) is 32.6. The van der Waals surface area contributed by atoms with Crippen LogP contribution in [0.4, 0.5) is 0 Å². The Morgan fingerprint density at radius 2 is 1.21 bits per heavy atom. The summed E-state index contributed by atoms with van der Waals surface area (Å²) >= 11 is 0. The second-order valence-corrected chi connectivity index (χ2v) is 16.7. The van der Waals surface area contributed by atoms with Crippen molar-refractivity contribution in [2.75, 3.05) is 19.6 Å². The number of hydrogen-bond donors (Lipinski definition) is 9. The number of nitrogens with one attached hydrogen (secondary N) is 6. The van der Waals surface area contributed by atoms with Crippen LogP contribution in [0.3, 0.4) is 0 Å². The first-order valence-corrected chi connectivity index (χ1v) is 22.5. The van der Waals surface area contributed by atoms with Gasteiger partial charge in [-0.05, 0) is 60.1 Å². The fraction of sp³-hybridized carbons (Fsp3) is 0.367. The molecule has 0 bridgehead atoms. The van der Waals surface area contributed by atoms with Crippen LogP contribution in [0.15, 0.2) is 108 Å². The summed E-state index contributed by atoms with van der Waals surface area (Å²) in [5, 5.41) is 18.1. The lowest BCUT2D eigenvalue weighted by Gasteiger charge is -2.29. The van der Waals surface area contributed by atoms with Gasteiger partial charge in [0, 0.05) is 39.3 Å². The quantitative estimate of drug-likeness (QED) is 0.0272. The molecule has 1 fully saturated rings. The zero-order chi connectivity index (χ0) is 49.2. The van der Waals surface area contributed by atoms with Crippen molar-refractivity contribution in [1.82, 2.24) is 36.8 Å². The molecule has 68 heavy (non-hydrogen) atoms. The number of amides is 8. The summed E-state index contributed by atoms with van der Waals surface area (Å²) < 4.78 is 0. The maximum atomic E-state index is 14.4. The summed E-state index contributed by atoms with van der Waals surface area (Å²) in [6, 6.07) is 24.8. The average Bonchev–Trinajstić information content (AvgIpc) is 3.82. The van der Waals surface area contributed by atoms with Crippen molar-refractivity contribution in [3.05, 3.63) is 120 Å². The van der Waals surface area contributed by atoms with Gasteiger partial charge in [-0.2, -0.15) is 0 Å². The Bertz CT molecular complexity index is 2450. The molecule has 0 spiro atoms. The van der Waals surface area contributed by atoms with Gasteiger partial charge in [0.05, 0.1) is 6.54 Å². The van der Waals surface area contributed by atoms with E-state index in [9.17, 15) is 38.4 Å². The van der Waals surface area contributed by atoms with Crippen LogP contribution in [0, 0.1) is 0 Å². The SMILES string of the molecule is CC(=O)N[C@H](Cc1ccc2ccccc2c1)C(=O)N[C@H](Cc1ccccc1)C(=O)N[C@H](Cc1ccccc1)C(=O)NCC(=O)N[C@@H](CCCN=C(N)N)C(=O)N1CCC[C@H]1C(=O)N[C@H](C)C(N)=O. The van der Waals surface area contributed by atoms with Gasteiger partial charge in [-0.15, -0.1) is 0 Å². The number of aliphatic imine (C=N–C) groups is 1. The van der Waals surface area contributed by atoms with Gasteiger partial charge < -0.3 is 54.0 Å². The van der Waals surface area contributed by atoms with Crippen molar-refractivity contribution in [3.63, 3.8) is 0 Å². The molecule has 0 saturated carbocycles. The van der Waals surface area contributed by atoms with Crippen molar-refractivity contribution < 1.29 is 38.4 Å². The number of fused-ring (bicyclic) bond motifs is 1. The monoisotopic (exact) mass is 931 g/mol. The van der Waals surface area contributed by atoms with Crippen molar-refractivity contribution in [1.29, 1.82) is 0 Å². The predicted molar refractivity (Wildman–Crippen MR) is 256 cm³/mol. The largest absolute Gasteiger partial charge is 0.370 e. The Hall–Kier alpha value is -7.83. The van der Waals surface area contributed by atoms with Crippen LogP contribution in [0.2, 0.25) is 0 Å². The van der Waals surface area contributed by atoms with Crippen molar-refractivity contribution in [3.8, 4) is 0 Å². The molecule has 4 aromatic carbocycles. The van der Waals surface area contributed by atoms with Crippen LogP contribution in [0.25, 0.3) is 10.8 Å². The Morgan fingerprint density at radius 1 is 0.647 bits per heavy atom. The van der Waals surface area contributed by atoms with E-state index in [0.29, 0.717) is 24.0 Å². The first-order valence-electron chi connectivity index (χ1n) is 22.5. The van der Waals surface area contributed by atoms with Gasteiger partial charge in [-0.1, -0.05) is 103 Å². The molecule has 6 atom stereocenters. The van der Waals surface area contributed by atoms with Crippen LogP contribution in [-0.4, -0.2) is 114 Å². The van der Waals surface area contributed by atoms with Crippen LogP contribution in [-0.2, 0) is 57.6 Å². The smallest absolute Gasteiger partial charge is 0.245 e. The molecule has 0 aliphatic carbocycles. The molecular formula is C49H61N11O8. The Labute approximate surface area is 394 Å². The predicted octanol–water partition coefficient (Wildman–Crippen LogP) is -0.0224. The van der Waals surface area contributed by atoms with E-state index < -0.39 is 90.1 Å². The van der Waals surface area contributed by atoms with Gasteiger partial charge in [0.2, 0.25) is 47.3 Å². The van der Waals surface area contributed by atoms with Crippen molar-refractivity contribution >= 4 is 64.0 Å². The molecule has 0 radical (unpaired) electrons. The number of rotatable bonds is 23. The minimum atomic E-state index is -1.25. The van der Waals surface area contributed by atoms with E-state index >= 15 is 0 Å². The third kappa shape index (κ3) is 15.7. The second kappa shape index (κ2) is 25.2. The lowest BCUT2D eigenvalue weighted by Crippen LogP contribution is -2.58. The molecule has 360 valence electrons. The number of carbonyl (C=O) groups is 8. The van der Waals surface area contributed by atoms with Crippen LogP contribution in [0.1, 0.15) is 56.2 Å². The molecule has 1 heterocycles. The Balaban J connectivity index is 1.32. The number of hydrogen-bond acceptors (Lipinski definition) is 9. The van der Waals surface area contributed by atoms with Gasteiger partial charge in [-0.25, -0.2) is 0 Å². The normalized spacial score (nSPS) is 15.3. The summed E-state index contributed by atoms with van der Waals surface area (Å²) in [6.07, 6.45) is 1.32. The van der Waals surface area contributed by atoms with E-state index in [-0.39, 0.29) is 51.2 Å². The first kappa shape index (κ1) is 51.2. The molecular weight excluding hydrogens is 871 g/mol. The molecule has 1 aliphatic heterocycles. The number of guanidine groups is 1. The summed E-state index contributed by atoms with van der Waals surface area (Å²) in [7, 11) is 0. The zero-order valence-electron chi connectivity index (χ0n) is 38.2. The highest BCUT2D eigenvalue weighted by molar-refractivity contribution is 5.97. The highest BCUT2D eigenvalue weighted by atomic mass is 16.2. The minimum Gasteiger partial charge on any atom is -0.370 e. The summed E-state index contributed by atoms with van der Waals surface area (Å²) in [5.74, 6) is -5.25. The number of benzene rings is 4. The average molecular weight is 932 g/mol. The maximum absolute atomic E-state index is 14.4. The Kier molecular flexibility index (Phi) is 18.9.